The molecule has 7 nitrogen and oxygen atoms in total. The van der Waals surface area contributed by atoms with Crippen molar-refractivity contribution in [3.63, 3.8) is 0 Å². The predicted molar refractivity (Wildman–Crippen MR) is 125 cm³/mol. The minimum atomic E-state index is -0.690. The van der Waals surface area contributed by atoms with Gasteiger partial charge in [-0.25, -0.2) is 0 Å². The standard InChI is InChI=1S/C26H39NO6/c1-4-5-7-20-10-12-26(16-22(20)29,33-18(2)28)11-9-19-14-21(25(31)23(15-19)32-3)17-27-13-6-8-24(27)30/h14-15,20,22,29,31H,4-13,16-17H2,1-3H3/t20-,22-,26+/m1/s1. The number of methoxy groups -OCH3 is 1. The zero-order chi connectivity index (χ0) is 24.0. The van der Waals surface area contributed by atoms with Gasteiger partial charge in [0.25, 0.3) is 0 Å². The van der Waals surface area contributed by atoms with E-state index in [9.17, 15) is 19.8 Å². The number of ether oxygens (including phenoxy) is 2. The molecule has 2 aliphatic rings. The molecule has 184 valence electrons. The van der Waals surface area contributed by atoms with Crippen LogP contribution in [0.25, 0.3) is 0 Å². The number of benzene rings is 1. The fraction of sp³-hybridized carbons (Fsp3) is 0.692. The van der Waals surface area contributed by atoms with Gasteiger partial charge in [0.1, 0.15) is 5.60 Å². The van der Waals surface area contributed by atoms with Crippen molar-refractivity contribution in [1.82, 2.24) is 4.90 Å². The number of amides is 1. The number of aryl methyl sites for hydroxylation is 1. The molecule has 2 fully saturated rings. The number of hydrogen-bond acceptors (Lipinski definition) is 6. The maximum atomic E-state index is 12.1. The molecular formula is C26H39NO6. The molecule has 7 heteroatoms. The summed E-state index contributed by atoms with van der Waals surface area (Å²) in [7, 11) is 1.51. The fourth-order valence-corrected chi connectivity index (χ4v) is 5.37. The molecule has 1 aliphatic heterocycles. The lowest BCUT2D eigenvalue weighted by atomic mass is 9.72. The summed E-state index contributed by atoms with van der Waals surface area (Å²) < 4.78 is 11.2. The molecule has 1 amide bonds. The van der Waals surface area contributed by atoms with E-state index in [0.29, 0.717) is 50.1 Å². The number of phenolic OH excluding ortho intramolecular Hbond substituents is 1. The number of aromatic hydroxyl groups is 1. The summed E-state index contributed by atoms with van der Waals surface area (Å²) in [4.78, 5) is 25.7. The van der Waals surface area contributed by atoms with Gasteiger partial charge in [-0.15, -0.1) is 0 Å². The largest absolute Gasteiger partial charge is 0.504 e. The highest BCUT2D eigenvalue weighted by Crippen LogP contribution is 2.41. The van der Waals surface area contributed by atoms with Gasteiger partial charge in [-0.05, 0) is 56.1 Å². The molecule has 0 radical (unpaired) electrons. The van der Waals surface area contributed by atoms with E-state index in [1.54, 1.807) is 11.0 Å². The first-order valence-electron chi connectivity index (χ1n) is 12.3. The molecule has 1 aliphatic carbocycles. The Morgan fingerprint density at radius 3 is 2.73 bits per heavy atom. The Balaban J connectivity index is 1.75. The quantitative estimate of drug-likeness (QED) is 0.509. The number of nitrogens with zero attached hydrogens (tertiary/aromatic N) is 1. The number of rotatable bonds is 10. The predicted octanol–water partition coefficient (Wildman–Crippen LogP) is 4.11. The summed E-state index contributed by atoms with van der Waals surface area (Å²) in [5.41, 5.74) is 0.911. The monoisotopic (exact) mass is 461 g/mol. The number of carbonyl (C=O) groups excluding carboxylic acids is 2. The Kier molecular flexibility index (Phi) is 8.63. The zero-order valence-corrected chi connectivity index (χ0v) is 20.3. The summed E-state index contributed by atoms with van der Waals surface area (Å²) in [5, 5.41) is 21.4. The van der Waals surface area contributed by atoms with Gasteiger partial charge in [0.15, 0.2) is 11.5 Å². The summed E-state index contributed by atoms with van der Waals surface area (Å²) in [5.74, 6) is 0.459. The van der Waals surface area contributed by atoms with E-state index in [2.05, 4.69) is 6.92 Å². The third-order valence-corrected chi connectivity index (χ3v) is 7.22. The lowest BCUT2D eigenvalue weighted by Gasteiger charge is -2.42. The molecule has 0 bridgehead atoms. The van der Waals surface area contributed by atoms with Crippen molar-refractivity contribution in [1.29, 1.82) is 0 Å². The second-order valence-corrected chi connectivity index (χ2v) is 9.71. The van der Waals surface area contributed by atoms with Crippen LogP contribution < -0.4 is 4.74 Å². The van der Waals surface area contributed by atoms with Gasteiger partial charge in [0, 0.05) is 38.4 Å². The third kappa shape index (κ3) is 6.40. The van der Waals surface area contributed by atoms with Crippen LogP contribution in [0.1, 0.15) is 82.8 Å². The first kappa shape index (κ1) is 25.3. The van der Waals surface area contributed by atoms with Crippen molar-refractivity contribution in [3.8, 4) is 11.5 Å². The number of unbranched alkanes of at least 4 members (excludes halogenated alkanes) is 1. The van der Waals surface area contributed by atoms with E-state index in [0.717, 1.165) is 44.1 Å². The number of phenols is 1. The molecule has 1 aromatic rings. The summed E-state index contributed by atoms with van der Waals surface area (Å²) in [6.07, 6.45) is 7.33. The van der Waals surface area contributed by atoms with Gasteiger partial charge in [-0.3, -0.25) is 9.59 Å². The van der Waals surface area contributed by atoms with Crippen molar-refractivity contribution in [2.24, 2.45) is 5.92 Å². The van der Waals surface area contributed by atoms with Crippen molar-refractivity contribution in [2.75, 3.05) is 13.7 Å². The summed E-state index contributed by atoms with van der Waals surface area (Å²) in [6, 6.07) is 3.71. The molecule has 0 unspecified atom stereocenters. The van der Waals surface area contributed by atoms with Crippen molar-refractivity contribution < 1.29 is 29.3 Å². The van der Waals surface area contributed by atoms with Gasteiger partial charge in [0.2, 0.25) is 5.91 Å². The molecule has 0 spiro atoms. The van der Waals surface area contributed by atoms with E-state index in [1.807, 2.05) is 6.07 Å². The molecule has 2 N–H and O–H groups in total. The highest BCUT2D eigenvalue weighted by Gasteiger charge is 2.42. The van der Waals surface area contributed by atoms with Crippen LogP contribution in [-0.4, -0.2) is 52.3 Å². The lowest BCUT2D eigenvalue weighted by Crippen LogP contribution is -2.45. The van der Waals surface area contributed by atoms with Gasteiger partial charge in [0.05, 0.1) is 13.2 Å². The van der Waals surface area contributed by atoms with Gasteiger partial charge < -0.3 is 24.6 Å². The van der Waals surface area contributed by atoms with Crippen LogP contribution in [0.4, 0.5) is 0 Å². The van der Waals surface area contributed by atoms with Gasteiger partial charge in [-0.1, -0.05) is 25.8 Å². The highest BCUT2D eigenvalue weighted by molar-refractivity contribution is 5.78. The molecular weight excluding hydrogens is 422 g/mol. The summed E-state index contributed by atoms with van der Waals surface area (Å²) in [6.45, 7) is 4.61. The second-order valence-electron chi connectivity index (χ2n) is 9.71. The van der Waals surface area contributed by atoms with Gasteiger partial charge in [-0.2, -0.15) is 0 Å². The van der Waals surface area contributed by atoms with E-state index in [1.165, 1.54) is 14.0 Å². The highest BCUT2D eigenvalue weighted by atomic mass is 16.6. The Morgan fingerprint density at radius 2 is 2.12 bits per heavy atom. The smallest absolute Gasteiger partial charge is 0.303 e. The number of carbonyl (C=O) groups is 2. The molecule has 1 saturated heterocycles. The second kappa shape index (κ2) is 11.2. The molecule has 3 rings (SSSR count). The number of hydrogen-bond donors (Lipinski definition) is 2. The van der Waals surface area contributed by atoms with Crippen LogP contribution in [0, 0.1) is 5.92 Å². The van der Waals surface area contributed by atoms with Crippen molar-refractivity contribution in [3.05, 3.63) is 23.3 Å². The molecule has 1 heterocycles. The van der Waals surface area contributed by atoms with Crippen LogP contribution in [0.2, 0.25) is 0 Å². The topological polar surface area (TPSA) is 96.3 Å². The Labute approximate surface area is 197 Å². The van der Waals surface area contributed by atoms with E-state index >= 15 is 0 Å². The van der Waals surface area contributed by atoms with E-state index in [4.69, 9.17) is 9.47 Å². The minimum absolute atomic E-state index is 0.0579. The number of aliphatic hydroxyl groups is 1. The fourth-order valence-electron chi connectivity index (χ4n) is 5.37. The van der Waals surface area contributed by atoms with Crippen LogP contribution in [0.5, 0.6) is 11.5 Å². The van der Waals surface area contributed by atoms with Crippen molar-refractivity contribution >= 4 is 11.9 Å². The van der Waals surface area contributed by atoms with E-state index < -0.39 is 11.7 Å². The Morgan fingerprint density at radius 1 is 1.33 bits per heavy atom. The average Bonchev–Trinajstić information content (AvgIpc) is 3.17. The normalized spacial score (nSPS) is 25.3. The number of likely N-dealkylation sites (tertiary alicyclic amines) is 1. The number of aliphatic hydroxyl groups excluding tert-OH is 1. The van der Waals surface area contributed by atoms with E-state index in [-0.39, 0.29) is 23.5 Å². The maximum absolute atomic E-state index is 12.1. The average molecular weight is 462 g/mol. The van der Waals surface area contributed by atoms with Crippen LogP contribution in [0.15, 0.2) is 12.1 Å². The molecule has 3 atom stereocenters. The molecule has 33 heavy (non-hydrogen) atoms. The SMILES string of the molecule is CCCC[C@@H]1CC[C@](CCc2cc(CN3CCCC3=O)c(O)c(OC)c2)(OC(C)=O)C[C@H]1O. The Hall–Kier alpha value is -2.28. The lowest BCUT2D eigenvalue weighted by molar-refractivity contribution is -0.168. The first-order chi connectivity index (χ1) is 15.8. The maximum Gasteiger partial charge on any atom is 0.303 e. The third-order valence-electron chi connectivity index (χ3n) is 7.22. The zero-order valence-electron chi connectivity index (χ0n) is 20.3. The van der Waals surface area contributed by atoms with Crippen LogP contribution in [0.3, 0.4) is 0 Å². The van der Waals surface area contributed by atoms with Crippen LogP contribution >= 0.6 is 0 Å². The number of esters is 1. The minimum Gasteiger partial charge on any atom is -0.504 e. The Bertz CT molecular complexity index is 840. The van der Waals surface area contributed by atoms with Gasteiger partial charge >= 0.3 is 5.97 Å². The van der Waals surface area contributed by atoms with Crippen LogP contribution in [-0.2, 0) is 27.3 Å². The summed E-state index contributed by atoms with van der Waals surface area (Å²) >= 11 is 0. The molecule has 0 aromatic heterocycles. The first-order valence-corrected chi connectivity index (χ1v) is 12.3. The molecule has 1 aromatic carbocycles. The van der Waals surface area contributed by atoms with Crippen molar-refractivity contribution in [2.45, 2.75) is 96.3 Å². The molecule has 1 saturated carbocycles.